The van der Waals surface area contributed by atoms with Gasteiger partial charge in [0.25, 0.3) is 0 Å². The second kappa shape index (κ2) is 9.57. The molecule has 1 rings (SSSR count). The fraction of sp³-hybridized carbons (Fsp3) is 1.00. The van der Waals surface area contributed by atoms with Gasteiger partial charge in [0.2, 0.25) is 0 Å². The number of unbranched alkanes of at least 4 members (excludes halogenated alkanes) is 4. The SMILES string of the molecule is CCCCCCCC(NC)C1SCCSC1C. The topological polar surface area (TPSA) is 12.0 Å². The Hall–Kier alpha value is 0.660. The minimum absolute atomic E-state index is 0.726. The van der Waals surface area contributed by atoms with Crippen LogP contribution in [0.2, 0.25) is 0 Å². The zero-order valence-electron chi connectivity index (χ0n) is 11.7. The largest absolute Gasteiger partial charge is 0.316 e. The van der Waals surface area contributed by atoms with Crippen molar-refractivity contribution in [3.05, 3.63) is 0 Å². The van der Waals surface area contributed by atoms with Crippen molar-refractivity contribution in [2.24, 2.45) is 0 Å². The number of rotatable bonds is 8. The van der Waals surface area contributed by atoms with Gasteiger partial charge in [0.15, 0.2) is 0 Å². The molecule has 17 heavy (non-hydrogen) atoms. The molecule has 1 N–H and O–H groups in total. The van der Waals surface area contributed by atoms with E-state index in [4.69, 9.17) is 0 Å². The van der Waals surface area contributed by atoms with Gasteiger partial charge in [-0.2, -0.15) is 23.5 Å². The van der Waals surface area contributed by atoms with Crippen LogP contribution in [-0.2, 0) is 0 Å². The predicted molar refractivity (Wildman–Crippen MR) is 84.4 cm³/mol. The highest BCUT2D eigenvalue weighted by Gasteiger charge is 2.28. The molecule has 1 aliphatic rings. The fourth-order valence-electron chi connectivity index (χ4n) is 2.53. The van der Waals surface area contributed by atoms with Crippen LogP contribution in [0.25, 0.3) is 0 Å². The van der Waals surface area contributed by atoms with Crippen LogP contribution in [0.5, 0.6) is 0 Å². The normalized spacial score (nSPS) is 27.0. The maximum atomic E-state index is 3.56. The maximum absolute atomic E-state index is 3.56. The average molecular weight is 276 g/mol. The number of thioether (sulfide) groups is 2. The van der Waals surface area contributed by atoms with E-state index in [2.05, 4.69) is 49.7 Å². The van der Waals surface area contributed by atoms with Gasteiger partial charge in [-0.3, -0.25) is 0 Å². The van der Waals surface area contributed by atoms with Crippen LogP contribution in [0.4, 0.5) is 0 Å². The molecule has 1 fully saturated rings. The van der Waals surface area contributed by atoms with Gasteiger partial charge in [-0.05, 0) is 13.5 Å². The number of hydrogen-bond donors (Lipinski definition) is 1. The van der Waals surface area contributed by atoms with Gasteiger partial charge < -0.3 is 5.32 Å². The second-order valence-corrected chi connectivity index (χ2v) is 7.78. The van der Waals surface area contributed by atoms with Crippen molar-refractivity contribution < 1.29 is 0 Å². The zero-order chi connectivity index (χ0) is 12.5. The summed E-state index contributed by atoms with van der Waals surface area (Å²) in [6.07, 6.45) is 8.37. The molecule has 0 aromatic carbocycles. The van der Waals surface area contributed by atoms with Crippen molar-refractivity contribution in [1.29, 1.82) is 0 Å². The van der Waals surface area contributed by atoms with Gasteiger partial charge >= 0.3 is 0 Å². The van der Waals surface area contributed by atoms with Crippen molar-refractivity contribution in [1.82, 2.24) is 5.32 Å². The van der Waals surface area contributed by atoms with Crippen molar-refractivity contribution >= 4 is 23.5 Å². The Kier molecular flexibility index (Phi) is 8.85. The summed E-state index contributed by atoms with van der Waals surface area (Å²) in [6, 6.07) is 0.726. The van der Waals surface area contributed by atoms with Gasteiger partial charge in [-0.15, -0.1) is 0 Å². The first-order valence-corrected chi connectivity index (χ1v) is 9.29. The van der Waals surface area contributed by atoms with Crippen LogP contribution in [0, 0.1) is 0 Å². The molecule has 1 heterocycles. The lowest BCUT2D eigenvalue weighted by Gasteiger charge is -2.34. The van der Waals surface area contributed by atoms with Crippen molar-refractivity contribution in [3.8, 4) is 0 Å². The molecule has 0 amide bonds. The standard InChI is InChI=1S/C14H29NS2/c1-4-5-6-7-8-9-13(15-3)14-12(2)16-10-11-17-14/h12-15H,4-11H2,1-3H3. The third-order valence-corrected chi connectivity index (χ3v) is 6.87. The molecule has 0 aromatic heterocycles. The van der Waals surface area contributed by atoms with Crippen LogP contribution in [0.15, 0.2) is 0 Å². The highest BCUT2D eigenvalue weighted by molar-refractivity contribution is 8.07. The Morgan fingerprint density at radius 3 is 2.47 bits per heavy atom. The minimum atomic E-state index is 0.726. The monoisotopic (exact) mass is 275 g/mol. The number of nitrogens with one attached hydrogen (secondary N) is 1. The van der Waals surface area contributed by atoms with Crippen molar-refractivity contribution in [3.63, 3.8) is 0 Å². The van der Waals surface area contributed by atoms with Crippen LogP contribution >= 0.6 is 23.5 Å². The second-order valence-electron chi connectivity index (χ2n) is 5.01. The van der Waals surface area contributed by atoms with Crippen LogP contribution in [0.3, 0.4) is 0 Å². The van der Waals surface area contributed by atoms with Gasteiger partial charge in [0, 0.05) is 28.0 Å². The van der Waals surface area contributed by atoms with E-state index in [0.717, 1.165) is 16.5 Å². The summed E-state index contributed by atoms with van der Waals surface area (Å²) >= 11 is 4.35. The third-order valence-electron chi connectivity index (χ3n) is 3.62. The van der Waals surface area contributed by atoms with Crippen LogP contribution in [-0.4, -0.2) is 35.1 Å². The number of hydrogen-bond acceptors (Lipinski definition) is 3. The first-order chi connectivity index (χ1) is 8.29. The smallest absolute Gasteiger partial charge is 0.0317 e. The zero-order valence-corrected chi connectivity index (χ0v) is 13.3. The Balaban J connectivity index is 2.21. The summed E-state index contributed by atoms with van der Waals surface area (Å²) in [5, 5.41) is 5.20. The molecular weight excluding hydrogens is 246 g/mol. The van der Waals surface area contributed by atoms with Gasteiger partial charge in [0.05, 0.1) is 0 Å². The van der Waals surface area contributed by atoms with Crippen LogP contribution < -0.4 is 5.32 Å². The lowest BCUT2D eigenvalue weighted by Crippen LogP contribution is -2.42. The molecule has 1 aliphatic heterocycles. The summed E-state index contributed by atoms with van der Waals surface area (Å²) in [4.78, 5) is 0. The van der Waals surface area contributed by atoms with Gasteiger partial charge in [-0.1, -0.05) is 46.0 Å². The molecule has 3 heteroatoms. The van der Waals surface area contributed by atoms with Gasteiger partial charge in [-0.25, -0.2) is 0 Å². The quantitative estimate of drug-likeness (QED) is 0.668. The molecule has 0 spiro atoms. The molecule has 0 radical (unpaired) electrons. The average Bonchev–Trinajstić information content (AvgIpc) is 2.35. The van der Waals surface area contributed by atoms with E-state index >= 15 is 0 Å². The lowest BCUT2D eigenvalue weighted by atomic mass is 10.0. The van der Waals surface area contributed by atoms with E-state index in [-0.39, 0.29) is 0 Å². The van der Waals surface area contributed by atoms with E-state index < -0.39 is 0 Å². The fourth-order valence-corrected chi connectivity index (χ4v) is 5.57. The van der Waals surface area contributed by atoms with E-state index in [9.17, 15) is 0 Å². The summed E-state index contributed by atoms with van der Waals surface area (Å²) in [7, 11) is 2.14. The van der Waals surface area contributed by atoms with E-state index in [0.29, 0.717) is 0 Å². The molecule has 1 nitrogen and oxygen atoms in total. The third kappa shape index (κ3) is 5.89. The Labute approximate surface area is 116 Å². The molecule has 0 aliphatic carbocycles. The minimum Gasteiger partial charge on any atom is -0.316 e. The molecular formula is C14H29NS2. The highest BCUT2D eigenvalue weighted by Crippen LogP contribution is 2.34. The Morgan fingerprint density at radius 2 is 1.82 bits per heavy atom. The van der Waals surface area contributed by atoms with Crippen molar-refractivity contribution in [2.75, 3.05) is 18.6 Å². The molecule has 1 saturated heterocycles. The summed E-state index contributed by atoms with van der Waals surface area (Å²) in [5.74, 6) is 2.68. The molecule has 0 aromatic rings. The van der Waals surface area contributed by atoms with Crippen LogP contribution in [0.1, 0.15) is 52.4 Å². The van der Waals surface area contributed by atoms with E-state index in [1.165, 1.54) is 50.0 Å². The Morgan fingerprint density at radius 1 is 1.12 bits per heavy atom. The van der Waals surface area contributed by atoms with Crippen molar-refractivity contribution in [2.45, 2.75) is 68.9 Å². The molecule has 3 unspecified atom stereocenters. The summed E-state index contributed by atoms with van der Waals surface area (Å²) in [6.45, 7) is 4.69. The van der Waals surface area contributed by atoms with E-state index in [1.807, 2.05) is 0 Å². The summed E-state index contributed by atoms with van der Waals surface area (Å²) < 4.78 is 0. The molecule has 0 saturated carbocycles. The molecule has 0 bridgehead atoms. The van der Waals surface area contributed by atoms with Gasteiger partial charge in [0.1, 0.15) is 0 Å². The first kappa shape index (κ1) is 15.7. The van der Waals surface area contributed by atoms with E-state index in [1.54, 1.807) is 0 Å². The first-order valence-electron chi connectivity index (χ1n) is 7.20. The maximum Gasteiger partial charge on any atom is 0.0317 e. The summed E-state index contributed by atoms with van der Waals surface area (Å²) in [5.41, 5.74) is 0. The predicted octanol–water partition coefficient (Wildman–Crippen LogP) is 4.17. The molecule has 102 valence electrons. The Bertz CT molecular complexity index is 187. The molecule has 3 atom stereocenters. The highest BCUT2D eigenvalue weighted by atomic mass is 32.2. The lowest BCUT2D eigenvalue weighted by molar-refractivity contribution is 0.467.